The van der Waals surface area contributed by atoms with E-state index in [1.165, 1.54) is 14.1 Å². The van der Waals surface area contributed by atoms with Gasteiger partial charge < -0.3 is 19.9 Å². The van der Waals surface area contributed by atoms with Gasteiger partial charge in [0.15, 0.2) is 0 Å². The quantitative estimate of drug-likeness (QED) is 0.616. The summed E-state index contributed by atoms with van der Waals surface area (Å²) in [7, 11) is -1.30. The lowest BCUT2D eigenvalue weighted by Crippen LogP contribution is -2.42. The lowest BCUT2D eigenvalue weighted by atomic mass is 10.2. The Labute approximate surface area is 192 Å². The number of nitrogens with zero attached hydrogens (tertiary/aromatic N) is 3. The van der Waals surface area contributed by atoms with E-state index < -0.39 is 34.2 Å². The molecule has 9 nitrogen and oxygen atoms in total. The molecular formula is C22H27FN4O5S. The van der Waals surface area contributed by atoms with Gasteiger partial charge in [-0.3, -0.25) is 9.59 Å². The van der Waals surface area contributed by atoms with Gasteiger partial charge in [-0.1, -0.05) is 0 Å². The number of hydrogen-bond acceptors (Lipinski definition) is 6. The molecule has 0 radical (unpaired) electrons. The van der Waals surface area contributed by atoms with Gasteiger partial charge in [-0.05, 0) is 48.5 Å². The van der Waals surface area contributed by atoms with Crippen molar-refractivity contribution in [1.29, 1.82) is 0 Å². The van der Waals surface area contributed by atoms with Crippen LogP contribution in [0.1, 0.15) is 0 Å². The Kier molecular flexibility index (Phi) is 8.01. The van der Waals surface area contributed by atoms with Crippen molar-refractivity contribution in [2.24, 2.45) is 0 Å². The highest BCUT2D eigenvalue weighted by atomic mass is 32.2. The predicted octanol–water partition coefficient (Wildman–Crippen LogP) is 1.38. The van der Waals surface area contributed by atoms with Crippen molar-refractivity contribution in [1.82, 2.24) is 9.21 Å². The van der Waals surface area contributed by atoms with Crippen LogP contribution in [0.2, 0.25) is 0 Å². The number of halogens is 1. The molecule has 0 bridgehead atoms. The molecule has 1 N–H and O–H groups in total. The predicted molar refractivity (Wildman–Crippen MR) is 122 cm³/mol. The molecule has 1 fully saturated rings. The van der Waals surface area contributed by atoms with Crippen molar-refractivity contribution in [2.75, 3.05) is 63.7 Å². The highest BCUT2D eigenvalue weighted by molar-refractivity contribution is 7.89. The summed E-state index contributed by atoms with van der Waals surface area (Å²) in [5.74, 6) is -1.52. The zero-order chi connectivity index (χ0) is 24.0. The van der Waals surface area contributed by atoms with Crippen LogP contribution in [-0.2, 0) is 24.3 Å². The zero-order valence-corrected chi connectivity index (χ0v) is 19.3. The molecule has 1 aliphatic rings. The lowest BCUT2D eigenvalue weighted by Gasteiger charge is -2.29. The fourth-order valence-corrected chi connectivity index (χ4v) is 4.38. The number of rotatable bonds is 8. The van der Waals surface area contributed by atoms with Crippen LogP contribution in [-0.4, -0.2) is 82.9 Å². The number of benzene rings is 2. The van der Waals surface area contributed by atoms with Crippen molar-refractivity contribution in [3.8, 4) is 0 Å². The summed E-state index contributed by atoms with van der Waals surface area (Å²) < 4.78 is 44.4. The van der Waals surface area contributed by atoms with Crippen LogP contribution in [0.25, 0.3) is 0 Å². The molecule has 0 atom stereocenters. The van der Waals surface area contributed by atoms with E-state index in [2.05, 4.69) is 10.2 Å². The van der Waals surface area contributed by atoms with Crippen LogP contribution in [0.15, 0.2) is 53.4 Å². The molecule has 2 aromatic rings. The minimum Gasteiger partial charge on any atom is -0.378 e. The lowest BCUT2D eigenvalue weighted by molar-refractivity contribution is -0.133. The fourth-order valence-electron chi connectivity index (χ4n) is 3.26. The third kappa shape index (κ3) is 6.50. The number of morpholine rings is 1. The largest absolute Gasteiger partial charge is 0.378 e. The molecule has 2 aromatic carbocycles. The molecule has 178 valence electrons. The zero-order valence-electron chi connectivity index (χ0n) is 18.5. The summed E-state index contributed by atoms with van der Waals surface area (Å²) in [4.78, 5) is 28.0. The van der Waals surface area contributed by atoms with E-state index in [9.17, 15) is 22.4 Å². The number of amides is 2. The van der Waals surface area contributed by atoms with E-state index in [-0.39, 0.29) is 11.4 Å². The van der Waals surface area contributed by atoms with E-state index in [1.54, 1.807) is 12.1 Å². The van der Waals surface area contributed by atoms with Crippen LogP contribution < -0.4 is 10.2 Å². The summed E-state index contributed by atoms with van der Waals surface area (Å²) in [5, 5.41) is 2.73. The molecule has 11 heteroatoms. The van der Waals surface area contributed by atoms with Gasteiger partial charge in [0.05, 0.1) is 31.2 Å². The van der Waals surface area contributed by atoms with Gasteiger partial charge in [0.2, 0.25) is 21.8 Å². The smallest absolute Gasteiger partial charge is 0.243 e. The van der Waals surface area contributed by atoms with Crippen molar-refractivity contribution in [2.45, 2.75) is 4.90 Å². The number of hydrogen-bond donors (Lipinski definition) is 1. The molecule has 0 spiro atoms. The maximum atomic E-state index is 13.1. The molecule has 33 heavy (non-hydrogen) atoms. The number of nitrogens with one attached hydrogen (secondary N) is 1. The average Bonchev–Trinajstić information content (AvgIpc) is 2.80. The van der Waals surface area contributed by atoms with Crippen LogP contribution in [0.5, 0.6) is 0 Å². The molecule has 2 amide bonds. The molecule has 0 saturated carbocycles. The first-order valence-corrected chi connectivity index (χ1v) is 11.8. The van der Waals surface area contributed by atoms with Crippen LogP contribution in [0, 0.1) is 5.82 Å². The Hall–Kier alpha value is -3.02. The molecule has 1 saturated heterocycles. The highest BCUT2D eigenvalue weighted by Gasteiger charge is 2.25. The third-order valence-corrected chi connectivity index (χ3v) is 7.03. The van der Waals surface area contributed by atoms with Gasteiger partial charge in [-0.2, -0.15) is 4.31 Å². The van der Waals surface area contributed by atoms with Gasteiger partial charge >= 0.3 is 0 Å². The second-order valence-electron chi connectivity index (χ2n) is 7.66. The van der Waals surface area contributed by atoms with Gasteiger partial charge in [-0.25, -0.2) is 12.8 Å². The van der Waals surface area contributed by atoms with Gasteiger partial charge in [0.25, 0.3) is 0 Å². The summed E-state index contributed by atoms with van der Waals surface area (Å²) in [5.41, 5.74) is 1.63. The topological polar surface area (TPSA) is 99.3 Å². The molecule has 3 rings (SSSR count). The minimum absolute atomic E-state index is 0.125. The molecule has 1 aliphatic heterocycles. The SMILES string of the molecule is CN(CC(=O)Nc1ccc(N2CCOCC2)cc1)C(=O)CN(C)S(=O)(=O)c1ccc(F)cc1. The van der Waals surface area contributed by atoms with Crippen LogP contribution >= 0.6 is 0 Å². The number of sulfonamides is 1. The number of anilines is 2. The number of carbonyl (C=O) groups is 2. The molecular weight excluding hydrogens is 451 g/mol. The van der Waals surface area contributed by atoms with Crippen molar-refractivity contribution in [3.63, 3.8) is 0 Å². The van der Waals surface area contributed by atoms with Gasteiger partial charge in [0.1, 0.15) is 5.82 Å². The van der Waals surface area contributed by atoms with E-state index in [1.807, 2.05) is 12.1 Å². The Morgan fingerprint density at radius 2 is 1.61 bits per heavy atom. The molecule has 1 heterocycles. The van der Waals surface area contributed by atoms with Gasteiger partial charge in [-0.15, -0.1) is 0 Å². The molecule has 0 unspecified atom stereocenters. The first-order chi connectivity index (χ1) is 15.7. The normalized spacial score (nSPS) is 14.2. The number of carbonyl (C=O) groups excluding carboxylic acids is 2. The van der Waals surface area contributed by atoms with Crippen molar-refractivity contribution in [3.05, 3.63) is 54.3 Å². The third-order valence-electron chi connectivity index (χ3n) is 5.21. The number of ether oxygens (including phenoxy) is 1. The van der Waals surface area contributed by atoms with Gasteiger partial charge in [0, 0.05) is 38.6 Å². The second kappa shape index (κ2) is 10.7. The Morgan fingerprint density at radius 3 is 2.21 bits per heavy atom. The summed E-state index contributed by atoms with van der Waals surface area (Å²) in [6, 6.07) is 11.7. The highest BCUT2D eigenvalue weighted by Crippen LogP contribution is 2.19. The fraction of sp³-hybridized carbons (Fsp3) is 0.364. The van der Waals surface area contributed by atoms with E-state index in [4.69, 9.17) is 4.74 Å². The Balaban J connectivity index is 1.51. The second-order valence-corrected chi connectivity index (χ2v) is 9.70. The monoisotopic (exact) mass is 478 g/mol. The maximum Gasteiger partial charge on any atom is 0.243 e. The standard InChI is InChI=1S/C22H27FN4O5S/c1-25(22(29)16-26(2)33(30,31)20-9-3-17(23)4-10-20)15-21(28)24-18-5-7-19(8-6-18)27-11-13-32-14-12-27/h3-10H,11-16H2,1-2H3,(H,24,28). The molecule has 0 aromatic heterocycles. The van der Waals surface area contributed by atoms with Crippen LogP contribution in [0.4, 0.5) is 15.8 Å². The van der Waals surface area contributed by atoms with Crippen LogP contribution in [0.3, 0.4) is 0 Å². The Bertz CT molecular complexity index is 1070. The molecule has 0 aliphatic carbocycles. The summed E-state index contributed by atoms with van der Waals surface area (Å²) in [6.45, 7) is 2.28. The maximum absolute atomic E-state index is 13.1. The summed E-state index contributed by atoms with van der Waals surface area (Å²) >= 11 is 0. The Morgan fingerprint density at radius 1 is 1.00 bits per heavy atom. The summed E-state index contributed by atoms with van der Waals surface area (Å²) in [6.07, 6.45) is 0. The average molecular weight is 479 g/mol. The van der Waals surface area contributed by atoms with Crippen molar-refractivity contribution >= 4 is 33.2 Å². The number of likely N-dealkylation sites (N-methyl/N-ethyl adjacent to an activating group) is 2. The van der Waals surface area contributed by atoms with Crippen molar-refractivity contribution < 1.29 is 27.1 Å². The van der Waals surface area contributed by atoms with E-state index >= 15 is 0 Å². The first kappa shape index (κ1) is 24.6. The minimum atomic E-state index is -3.97. The van der Waals surface area contributed by atoms with E-state index in [0.29, 0.717) is 18.9 Å². The van der Waals surface area contributed by atoms with E-state index in [0.717, 1.165) is 52.2 Å². The first-order valence-electron chi connectivity index (χ1n) is 10.4.